The molecular weight excluding hydrogens is 412 g/mol. The summed E-state index contributed by atoms with van der Waals surface area (Å²) in [7, 11) is 0. The number of hydrogen-bond donors (Lipinski definition) is 0. The van der Waals surface area contributed by atoms with Gasteiger partial charge < -0.3 is 4.74 Å². The number of benzene rings is 3. The van der Waals surface area contributed by atoms with Crippen LogP contribution in [0.3, 0.4) is 0 Å². The molecule has 0 aliphatic heterocycles. The molecule has 0 saturated heterocycles. The number of hydrogen-bond acceptors (Lipinski definition) is 5. The van der Waals surface area contributed by atoms with Gasteiger partial charge in [0.05, 0.1) is 17.9 Å². The molecule has 0 radical (unpaired) electrons. The molecule has 0 bridgehead atoms. The van der Waals surface area contributed by atoms with Crippen LogP contribution >= 0.6 is 23.1 Å². The third kappa shape index (κ3) is 4.35. The van der Waals surface area contributed by atoms with Crippen LogP contribution in [0, 0.1) is 0 Å². The summed E-state index contributed by atoms with van der Waals surface area (Å²) in [5, 5.41) is 0.667. The molecule has 1 aromatic heterocycles. The van der Waals surface area contributed by atoms with E-state index >= 15 is 0 Å². The maximum Gasteiger partial charge on any atom is 0.260 e. The Labute approximate surface area is 184 Å². The Morgan fingerprint density at radius 2 is 1.87 bits per heavy atom. The highest BCUT2D eigenvalue weighted by Gasteiger charge is 2.23. The fraction of sp³-hybridized carbons (Fsp3) is 0.167. The second-order valence-electron chi connectivity index (χ2n) is 6.64. The van der Waals surface area contributed by atoms with Crippen molar-refractivity contribution in [3.05, 3.63) is 83.9 Å². The van der Waals surface area contributed by atoms with Crippen molar-refractivity contribution >= 4 is 44.4 Å². The van der Waals surface area contributed by atoms with Crippen LogP contribution in [0.15, 0.2) is 77.7 Å². The van der Waals surface area contributed by atoms with Crippen molar-refractivity contribution in [2.24, 2.45) is 0 Å². The Morgan fingerprint density at radius 1 is 1.07 bits per heavy atom. The number of rotatable bonds is 7. The van der Waals surface area contributed by atoms with E-state index in [1.807, 2.05) is 86.0 Å². The first-order valence-corrected chi connectivity index (χ1v) is 11.8. The van der Waals surface area contributed by atoms with E-state index < -0.39 is 0 Å². The van der Waals surface area contributed by atoms with Crippen LogP contribution in [0.1, 0.15) is 22.8 Å². The third-order valence-corrected chi connectivity index (χ3v) is 6.42. The predicted octanol–water partition coefficient (Wildman–Crippen LogP) is 6.26. The minimum Gasteiger partial charge on any atom is -0.492 e. The Morgan fingerprint density at radius 3 is 2.63 bits per heavy atom. The van der Waals surface area contributed by atoms with E-state index in [2.05, 4.69) is 0 Å². The van der Waals surface area contributed by atoms with Gasteiger partial charge in [-0.3, -0.25) is 9.69 Å². The molecule has 6 heteroatoms. The largest absolute Gasteiger partial charge is 0.492 e. The molecule has 4 aromatic rings. The quantitative estimate of drug-likeness (QED) is 0.322. The molecule has 0 aliphatic carbocycles. The predicted molar refractivity (Wildman–Crippen MR) is 126 cm³/mol. The van der Waals surface area contributed by atoms with Crippen molar-refractivity contribution in [3.63, 3.8) is 0 Å². The van der Waals surface area contributed by atoms with E-state index in [0.29, 0.717) is 23.8 Å². The normalized spacial score (nSPS) is 10.9. The molecular formula is C24H22N2O2S2. The van der Waals surface area contributed by atoms with Crippen LogP contribution in [-0.4, -0.2) is 23.8 Å². The molecule has 0 aliphatic rings. The lowest BCUT2D eigenvalue weighted by Gasteiger charge is -2.20. The van der Waals surface area contributed by atoms with Crippen LogP contribution < -0.4 is 9.64 Å². The summed E-state index contributed by atoms with van der Waals surface area (Å²) < 4.78 is 6.74. The van der Waals surface area contributed by atoms with Gasteiger partial charge in [0.15, 0.2) is 5.13 Å². The zero-order valence-electron chi connectivity index (χ0n) is 16.9. The minimum atomic E-state index is -0.0632. The summed E-state index contributed by atoms with van der Waals surface area (Å²) in [4.78, 5) is 21.2. The molecule has 0 atom stereocenters. The minimum absolute atomic E-state index is 0.0632. The molecule has 0 spiro atoms. The standard InChI is InChI=1S/C24H22N2O2S2/c1-3-28-20-13-8-14-21-22(20)25-24(30-21)26(16-17-9-5-4-6-10-17)23(27)18-11-7-12-19(15-18)29-2/h4-15H,3,16H2,1-2H3. The van der Waals surface area contributed by atoms with Crippen LogP contribution in [0.5, 0.6) is 5.75 Å². The van der Waals surface area contributed by atoms with Gasteiger partial charge in [-0.15, -0.1) is 11.8 Å². The van der Waals surface area contributed by atoms with Gasteiger partial charge in [0.1, 0.15) is 11.3 Å². The highest BCUT2D eigenvalue weighted by Crippen LogP contribution is 2.35. The number of anilines is 1. The number of ether oxygens (including phenoxy) is 1. The molecule has 0 N–H and O–H groups in total. The zero-order chi connectivity index (χ0) is 20.9. The maximum atomic E-state index is 13.6. The van der Waals surface area contributed by atoms with E-state index in [-0.39, 0.29) is 5.91 Å². The van der Waals surface area contributed by atoms with E-state index in [4.69, 9.17) is 9.72 Å². The summed E-state index contributed by atoms with van der Waals surface area (Å²) in [6.45, 7) is 2.98. The number of thioether (sulfide) groups is 1. The summed E-state index contributed by atoms with van der Waals surface area (Å²) in [5.74, 6) is 0.681. The number of aromatic nitrogens is 1. The van der Waals surface area contributed by atoms with Crippen LogP contribution in [0.4, 0.5) is 5.13 Å². The second kappa shape index (κ2) is 9.32. The Bertz CT molecular complexity index is 1160. The summed E-state index contributed by atoms with van der Waals surface area (Å²) >= 11 is 3.13. The molecule has 0 fully saturated rings. The maximum absolute atomic E-state index is 13.6. The smallest absolute Gasteiger partial charge is 0.260 e. The van der Waals surface area contributed by atoms with Gasteiger partial charge in [0.25, 0.3) is 5.91 Å². The number of carbonyl (C=O) groups is 1. The van der Waals surface area contributed by atoms with Gasteiger partial charge >= 0.3 is 0 Å². The number of thiazole rings is 1. The number of nitrogens with zero attached hydrogens (tertiary/aromatic N) is 2. The summed E-state index contributed by atoms with van der Waals surface area (Å²) in [6.07, 6.45) is 2.01. The van der Waals surface area contributed by atoms with Gasteiger partial charge in [-0.2, -0.15) is 0 Å². The van der Waals surface area contributed by atoms with Crippen molar-refractivity contribution in [1.82, 2.24) is 4.98 Å². The first kappa shape index (κ1) is 20.4. The van der Waals surface area contributed by atoms with Crippen LogP contribution in [-0.2, 0) is 6.54 Å². The van der Waals surface area contributed by atoms with E-state index in [1.54, 1.807) is 16.7 Å². The van der Waals surface area contributed by atoms with E-state index in [0.717, 1.165) is 26.4 Å². The summed E-state index contributed by atoms with van der Waals surface area (Å²) in [5.41, 5.74) is 2.50. The molecule has 1 heterocycles. The first-order chi connectivity index (χ1) is 14.7. The number of fused-ring (bicyclic) bond motifs is 1. The van der Waals surface area contributed by atoms with Crippen LogP contribution in [0.2, 0.25) is 0 Å². The molecule has 3 aromatic carbocycles. The van der Waals surface area contributed by atoms with Crippen LogP contribution in [0.25, 0.3) is 10.2 Å². The Balaban J connectivity index is 1.78. The van der Waals surface area contributed by atoms with Crippen molar-refractivity contribution < 1.29 is 9.53 Å². The number of amides is 1. The van der Waals surface area contributed by atoms with E-state index in [9.17, 15) is 4.79 Å². The highest BCUT2D eigenvalue weighted by molar-refractivity contribution is 7.98. The van der Waals surface area contributed by atoms with Gasteiger partial charge in [-0.25, -0.2) is 4.98 Å². The number of carbonyl (C=O) groups excluding carboxylic acids is 1. The second-order valence-corrected chi connectivity index (χ2v) is 8.53. The Kier molecular flexibility index (Phi) is 6.35. The summed E-state index contributed by atoms with van der Waals surface area (Å²) in [6, 6.07) is 23.6. The fourth-order valence-electron chi connectivity index (χ4n) is 3.20. The molecule has 152 valence electrons. The van der Waals surface area contributed by atoms with Crippen molar-refractivity contribution in [1.29, 1.82) is 0 Å². The SMILES string of the molecule is CCOc1cccc2sc(N(Cc3ccccc3)C(=O)c3cccc(SC)c3)nc12. The lowest BCUT2D eigenvalue weighted by atomic mass is 10.1. The first-order valence-electron chi connectivity index (χ1n) is 9.71. The molecule has 30 heavy (non-hydrogen) atoms. The van der Waals surface area contributed by atoms with Crippen molar-refractivity contribution in [3.8, 4) is 5.75 Å². The number of para-hydroxylation sites is 1. The van der Waals surface area contributed by atoms with Crippen molar-refractivity contribution in [2.75, 3.05) is 17.8 Å². The zero-order valence-corrected chi connectivity index (χ0v) is 18.5. The van der Waals surface area contributed by atoms with Crippen molar-refractivity contribution in [2.45, 2.75) is 18.4 Å². The fourth-order valence-corrected chi connectivity index (χ4v) is 4.64. The van der Waals surface area contributed by atoms with E-state index in [1.165, 1.54) is 11.3 Å². The topological polar surface area (TPSA) is 42.4 Å². The van der Waals surface area contributed by atoms with Gasteiger partial charge in [-0.05, 0) is 49.1 Å². The van der Waals surface area contributed by atoms with Gasteiger partial charge in [0, 0.05) is 10.5 Å². The molecule has 4 nitrogen and oxygen atoms in total. The average molecular weight is 435 g/mol. The van der Waals surface area contributed by atoms with Gasteiger partial charge in [-0.1, -0.05) is 53.8 Å². The molecule has 0 unspecified atom stereocenters. The monoisotopic (exact) mass is 434 g/mol. The third-order valence-electron chi connectivity index (χ3n) is 4.65. The lowest BCUT2D eigenvalue weighted by Crippen LogP contribution is -2.30. The lowest BCUT2D eigenvalue weighted by molar-refractivity contribution is 0.0985. The molecule has 1 amide bonds. The van der Waals surface area contributed by atoms with Gasteiger partial charge in [0.2, 0.25) is 0 Å². The highest BCUT2D eigenvalue weighted by atomic mass is 32.2. The Hall–Kier alpha value is -2.83. The molecule has 0 saturated carbocycles. The molecule has 4 rings (SSSR count). The average Bonchev–Trinajstić information content (AvgIpc) is 3.23.